The molecule has 1 aliphatic heterocycles. The number of hydrogen-bond donors (Lipinski definition) is 4. The topological polar surface area (TPSA) is 162 Å². The molecule has 1 atom stereocenters. The zero-order valence-electron chi connectivity index (χ0n) is 16.0. The molecule has 0 aliphatic carbocycles. The van der Waals surface area contributed by atoms with Gasteiger partial charge in [0.2, 0.25) is 0 Å². The predicted molar refractivity (Wildman–Crippen MR) is 111 cm³/mol. The average Bonchev–Trinajstić information content (AvgIpc) is 3.02. The lowest BCUT2D eigenvalue weighted by Gasteiger charge is -2.11. The zero-order chi connectivity index (χ0) is 22.2. The molecule has 2 heterocycles. The van der Waals surface area contributed by atoms with Crippen LogP contribution in [0.15, 0.2) is 63.2 Å². The van der Waals surface area contributed by atoms with Gasteiger partial charge in [0.25, 0.3) is 27.4 Å². The monoisotopic (exact) mass is 440 g/mol. The summed E-state index contributed by atoms with van der Waals surface area (Å²) in [4.78, 5) is 40.8. The number of amidine groups is 1. The molecule has 0 spiro atoms. The third-order valence-electron chi connectivity index (χ3n) is 4.58. The van der Waals surface area contributed by atoms with Crippen molar-refractivity contribution in [3.63, 3.8) is 0 Å². The molecule has 0 saturated heterocycles. The van der Waals surface area contributed by atoms with Crippen LogP contribution in [0.3, 0.4) is 0 Å². The predicted octanol–water partition coefficient (Wildman–Crippen LogP) is -0.189. The number of aromatic amines is 1. The highest BCUT2D eigenvalue weighted by molar-refractivity contribution is 7.90. The van der Waals surface area contributed by atoms with Gasteiger partial charge in [0, 0.05) is 10.9 Å². The molecule has 12 heteroatoms. The van der Waals surface area contributed by atoms with Crippen LogP contribution in [-0.4, -0.2) is 42.3 Å². The van der Waals surface area contributed by atoms with E-state index < -0.39 is 33.4 Å². The Balaban J connectivity index is 1.49. The number of sulfonamides is 1. The van der Waals surface area contributed by atoms with Crippen molar-refractivity contribution in [1.82, 2.24) is 25.8 Å². The summed E-state index contributed by atoms with van der Waals surface area (Å²) in [6, 6.07) is 11.6. The summed E-state index contributed by atoms with van der Waals surface area (Å²) in [7, 11) is -3.73. The Kier molecular flexibility index (Phi) is 4.99. The van der Waals surface area contributed by atoms with Gasteiger partial charge in [-0.15, -0.1) is 0 Å². The van der Waals surface area contributed by atoms with Crippen LogP contribution >= 0.6 is 0 Å². The lowest BCUT2D eigenvalue weighted by molar-refractivity contribution is -0.122. The lowest BCUT2D eigenvalue weighted by Crippen LogP contribution is -2.46. The summed E-state index contributed by atoms with van der Waals surface area (Å²) in [6.07, 6.45) is 0. The fourth-order valence-corrected chi connectivity index (χ4v) is 4.29. The van der Waals surface area contributed by atoms with Crippen molar-refractivity contribution in [2.75, 3.05) is 0 Å². The molecule has 4 N–H and O–H groups in total. The Hall–Kier alpha value is -4.06. The van der Waals surface area contributed by atoms with Gasteiger partial charge in [-0.25, -0.2) is 13.5 Å². The molecular formula is C19H16N6O5S. The highest BCUT2D eigenvalue weighted by atomic mass is 32.2. The molecule has 31 heavy (non-hydrogen) atoms. The molecule has 0 saturated carbocycles. The number of benzene rings is 2. The number of nitrogens with one attached hydrogen (secondary N) is 4. The van der Waals surface area contributed by atoms with E-state index in [0.717, 1.165) is 0 Å². The second kappa shape index (κ2) is 7.65. The van der Waals surface area contributed by atoms with Gasteiger partial charge in [-0.05, 0) is 25.1 Å². The van der Waals surface area contributed by atoms with Gasteiger partial charge in [0.1, 0.15) is 11.9 Å². The van der Waals surface area contributed by atoms with Gasteiger partial charge in [0.05, 0.1) is 10.3 Å². The van der Waals surface area contributed by atoms with Crippen molar-refractivity contribution in [3.8, 4) is 0 Å². The highest BCUT2D eigenvalue weighted by Crippen LogP contribution is 2.22. The van der Waals surface area contributed by atoms with Crippen LogP contribution < -0.4 is 21.1 Å². The first-order chi connectivity index (χ1) is 14.8. The van der Waals surface area contributed by atoms with Gasteiger partial charge in [-0.1, -0.05) is 30.3 Å². The molecule has 3 aromatic rings. The van der Waals surface area contributed by atoms with Crippen molar-refractivity contribution in [3.05, 3.63) is 70.1 Å². The Morgan fingerprint density at radius 3 is 2.48 bits per heavy atom. The summed E-state index contributed by atoms with van der Waals surface area (Å²) in [5.41, 5.74) is 4.28. The molecule has 4 rings (SSSR count). The maximum atomic E-state index is 12.5. The van der Waals surface area contributed by atoms with Gasteiger partial charge in [0.15, 0.2) is 5.69 Å². The van der Waals surface area contributed by atoms with Gasteiger partial charge in [-0.3, -0.25) is 34.9 Å². The second-order valence-electron chi connectivity index (χ2n) is 6.65. The number of nitrogens with zero attached hydrogens (tertiary/aromatic N) is 2. The second-order valence-corrected chi connectivity index (χ2v) is 8.30. The van der Waals surface area contributed by atoms with Crippen LogP contribution in [-0.2, 0) is 14.8 Å². The maximum absolute atomic E-state index is 12.5. The van der Waals surface area contributed by atoms with Crippen molar-refractivity contribution in [2.24, 2.45) is 4.99 Å². The minimum Gasteiger partial charge on any atom is -0.271 e. The summed E-state index contributed by atoms with van der Waals surface area (Å²) in [6.45, 7) is 1.44. The number of hydrogen-bond acceptors (Lipinski definition) is 7. The molecule has 0 radical (unpaired) electrons. The zero-order valence-corrected chi connectivity index (χ0v) is 16.9. The summed E-state index contributed by atoms with van der Waals surface area (Å²) < 4.78 is 26.6. The van der Waals surface area contributed by atoms with E-state index in [9.17, 15) is 22.8 Å². The van der Waals surface area contributed by atoms with Crippen molar-refractivity contribution >= 4 is 38.4 Å². The first kappa shape index (κ1) is 20.2. The quantitative estimate of drug-likeness (QED) is 0.413. The molecular weight excluding hydrogens is 424 g/mol. The van der Waals surface area contributed by atoms with Gasteiger partial charge >= 0.3 is 0 Å². The number of hydrazine groups is 1. The molecule has 0 fully saturated rings. The Morgan fingerprint density at radius 2 is 1.71 bits per heavy atom. The molecule has 158 valence electrons. The lowest BCUT2D eigenvalue weighted by atomic mass is 10.1. The van der Waals surface area contributed by atoms with Crippen molar-refractivity contribution < 1.29 is 18.0 Å². The molecule has 2 amide bonds. The minimum absolute atomic E-state index is 0.0397. The smallest absolute Gasteiger partial charge is 0.271 e. The standard InChI is InChI=1S/C19H16N6O5S/c1-10(20-16-13-8-4-5-9-14(13)31(29,30)25-16)17(26)22-24-19(28)15-11-6-2-3-7-12(11)18(27)23-21-15/h2-10H,1H3,(H,20,25)(H,22,26)(H,23,27)(H,24,28). The number of carbonyl (C=O) groups is 2. The van der Waals surface area contributed by atoms with E-state index in [2.05, 4.69) is 30.8 Å². The Bertz CT molecular complexity index is 1410. The third kappa shape index (κ3) is 3.75. The Morgan fingerprint density at radius 1 is 1.03 bits per heavy atom. The number of aromatic nitrogens is 2. The fraction of sp³-hybridized carbons (Fsp3) is 0.105. The van der Waals surface area contributed by atoms with Crippen molar-refractivity contribution in [2.45, 2.75) is 17.9 Å². The van der Waals surface area contributed by atoms with Gasteiger partial charge < -0.3 is 0 Å². The third-order valence-corrected chi connectivity index (χ3v) is 5.97. The fourth-order valence-electron chi connectivity index (χ4n) is 3.05. The molecule has 0 bridgehead atoms. The minimum atomic E-state index is -3.73. The number of rotatable bonds is 3. The number of aliphatic imine (C=N–C) groups is 1. The van der Waals surface area contributed by atoms with Crippen LogP contribution in [0.5, 0.6) is 0 Å². The summed E-state index contributed by atoms with van der Waals surface area (Å²) in [5.74, 6) is -1.39. The number of amides is 2. The highest BCUT2D eigenvalue weighted by Gasteiger charge is 2.31. The maximum Gasteiger partial charge on any atom is 0.290 e. The Labute approximate surface area is 175 Å². The van der Waals surface area contributed by atoms with Gasteiger partial charge in [-0.2, -0.15) is 5.10 Å². The largest absolute Gasteiger partial charge is 0.290 e. The first-order valence-electron chi connectivity index (χ1n) is 9.05. The van der Waals surface area contributed by atoms with E-state index in [1.807, 2.05) is 0 Å². The van der Waals surface area contributed by atoms with Crippen molar-refractivity contribution in [1.29, 1.82) is 0 Å². The molecule has 1 unspecified atom stereocenters. The van der Waals surface area contributed by atoms with Crippen LogP contribution in [0.2, 0.25) is 0 Å². The van der Waals surface area contributed by atoms with Crippen LogP contribution in [0, 0.1) is 0 Å². The number of fused-ring (bicyclic) bond motifs is 2. The van der Waals surface area contributed by atoms with E-state index in [1.54, 1.807) is 42.5 Å². The molecule has 2 aromatic carbocycles. The van der Waals surface area contributed by atoms with E-state index in [4.69, 9.17) is 0 Å². The van der Waals surface area contributed by atoms with Crippen LogP contribution in [0.1, 0.15) is 23.0 Å². The van der Waals surface area contributed by atoms with E-state index in [-0.39, 0.29) is 21.8 Å². The van der Waals surface area contributed by atoms with E-state index in [0.29, 0.717) is 10.9 Å². The van der Waals surface area contributed by atoms with Crippen LogP contribution in [0.4, 0.5) is 0 Å². The van der Waals surface area contributed by atoms with E-state index >= 15 is 0 Å². The molecule has 1 aromatic heterocycles. The number of H-pyrrole nitrogens is 1. The average molecular weight is 440 g/mol. The summed E-state index contributed by atoms with van der Waals surface area (Å²) >= 11 is 0. The molecule has 11 nitrogen and oxygen atoms in total. The number of carbonyl (C=O) groups excluding carboxylic acids is 2. The molecule has 1 aliphatic rings. The first-order valence-corrected chi connectivity index (χ1v) is 10.5. The SMILES string of the molecule is CC(N=C1NS(=O)(=O)c2ccccc21)C(=O)NNC(=O)c1n[nH]c(=O)c2ccccc12. The van der Waals surface area contributed by atoms with E-state index in [1.165, 1.54) is 13.0 Å². The van der Waals surface area contributed by atoms with Crippen LogP contribution in [0.25, 0.3) is 10.8 Å². The normalized spacial score (nSPS) is 16.4. The summed E-state index contributed by atoms with van der Waals surface area (Å²) in [5, 5.41) is 6.58.